The fourth-order valence-corrected chi connectivity index (χ4v) is 5.88. The average molecular weight is 591 g/mol. The molecular formula is C38H30N4O3. The van der Waals surface area contributed by atoms with Crippen LogP contribution in [0.2, 0.25) is 0 Å². The summed E-state index contributed by atoms with van der Waals surface area (Å²) < 4.78 is 8.58. The highest BCUT2D eigenvalue weighted by molar-refractivity contribution is 5.71. The van der Waals surface area contributed by atoms with E-state index in [0.717, 1.165) is 16.7 Å². The first-order chi connectivity index (χ1) is 22.1. The Morgan fingerprint density at radius 1 is 0.511 bits per heavy atom. The number of benzene rings is 5. The Morgan fingerprint density at radius 3 is 1.27 bits per heavy atom. The Morgan fingerprint density at radius 2 is 0.889 bits per heavy atom. The Kier molecular flexibility index (Phi) is 7.33. The van der Waals surface area contributed by atoms with Crippen molar-refractivity contribution in [3.05, 3.63) is 183 Å². The molecule has 2 N–H and O–H groups in total. The van der Waals surface area contributed by atoms with E-state index >= 15 is 0 Å². The van der Waals surface area contributed by atoms with E-state index in [1.807, 2.05) is 146 Å². The Hall–Kier alpha value is -6.08. The minimum atomic E-state index is -0.747. The van der Waals surface area contributed by atoms with E-state index in [1.165, 1.54) is 0 Å². The molecule has 0 bridgehead atoms. The van der Waals surface area contributed by atoms with Crippen molar-refractivity contribution in [3.8, 4) is 39.6 Å². The number of H-pyrrole nitrogens is 2. The number of methoxy groups -OCH3 is 1. The van der Waals surface area contributed by atoms with Crippen LogP contribution in [0.15, 0.2) is 155 Å². The van der Waals surface area contributed by atoms with E-state index in [4.69, 9.17) is 4.74 Å². The number of rotatable bonds is 8. The van der Waals surface area contributed by atoms with Gasteiger partial charge in [0.1, 0.15) is 5.75 Å². The van der Waals surface area contributed by atoms with E-state index in [-0.39, 0.29) is 11.1 Å². The van der Waals surface area contributed by atoms with Gasteiger partial charge in [0.15, 0.2) is 0 Å². The zero-order valence-corrected chi connectivity index (χ0v) is 24.6. The highest BCUT2D eigenvalue weighted by atomic mass is 16.5. The first-order valence-corrected chi connectivity index (χ1v) is 14.7. The van der Waals surface area contributed by atoms with Crippen LogP contribution in [-0.2, 0) is 0 Å². The molecule has 0 aliphatic rings. The number of nitrogens with zero attached hydrogens (tertiary/aromatic N) is 2. The lowest BCUT2D eigenvalue weighted by atomic mass is 9.83. The van der Waals surface area contributed by atoms with Gasteiger partial charge in [-0.25, -0.2) is 9.36 Å². The van der Waals surface area contributed by atoms with Crippen LogP contribution in [0.25, 0.3) is 33.9 Å². The summed E-state index contributed by atoms with van der Waals surface area (Å²) in [5, 5.41) is 6.81. The summed E-state index contributed by atoms with van der Waals surface area (Å²) >= 11 is 0. The summed E-state index contributed by atoms with van der Waals surface area (Å²) in [5.41, 5.74) is 5.53. The van der Waals surface area contributed by atoms with Crippen LogP contribution in [0.4, 0.5) is 0 Å². The Balaban J connectivity index is 1.59. The molecule has 0 atom stereocenters. The monoisotopic (exact) mass is 590 g/mol. The average Bonchev–Trinajstić information content (AvgIpc) is 3.63. The zero-order valence-electron chi connectivity index (χ0n) is 24.6. The summed E-state index contributed by atoms with van der Waals surface area (Å²) in [4.78, 5) is 29.4. The number of ether oxygens (including phenoxy) is 1. The van der Waals surface area contributed by atoms with Gasteiger partial charge < -0.3 is 4.74 Å². The highest BCUT2D eigenvalue weighted by Gasteiger charge is 2.33. The molecule has 7 aromatic rings. The van der Waals surface area contributed by atoms with Crippen molar-refractivity contribution in [3.63, 3.8) is 0 Å². The molecule has 7 rings (SSSR count). The number of para-hydroxylation sites is 2. The maximum absolute atomic E-state index is 14.7. The molecule has 2 heterocycles. The fourth-order valence-electron chi connectivity index (χ4n) is 5.88. The van der Waals surface area contributed by atoms with Crippen LogP contribution in [0, 0.1) is 0 Å². The van der Waals surface area contributed by atoms with Gasteiger partial charge in [0.2, 0.25) is 0 Å². The second kappa shape index (κ2) is 11.9. The lowest BCUT2D eigenvalue weighted by Crippen LogP contribution is -2.25. The molecule has 0 aliphatic heterocycles. The van der Waals surface area contributed by atoms with Crippen LogP contribution < -0.4 is 15.9 Å². The molecule has 0 aliphatic carbocycles. The van der Waals surface area contributed by atoms with Crippen molar-refractivity contribution in [2.45, 2.75) is 5.92 Å². The van der Waals surface area contributed by atoms with Gasteiger partial charge in [0, 0.05) is 5.92 Å². The van der Waals surface area contributed by atoms with Gasteiger partial charge in [-0.05, 0) is 53.1 Å². The standard InChI is InChI=1S/C38H30N4O3/c1-45-31-24-22-26(23-25-31)32(33-35(27-14-6-2-7-15-27)39-41(37(33)43)29-18-10-4-11-19-29)34-36(28-16-8-3-9-17-28)40-42(38(34)44)30-20-12-5-13-21-30/h2-25,32,39-40H,1H3. The van der Waals surface area contributed by atoms with Crippen molar-refractivity contribution >= 4 is 0 Å². The number of aromatic nitrogens is 4. The minimum absolute atomic E-state index is 0.244. The largest absolute Gasteiger partial charge is 0.497 e. The van der Waals surface area contributed by atoms with Gasteiger partial charge in [-0.2, -0.15) is 0 Å². The van der Waals surface area contributed by atoms with E-state index in [1.54, 1.807) is 16.5 Å². The number of hydrogen-bond donors (Lipinski definition) is 2. The maximum Gasteiger partial charge on any atom is 0.276 e. The Bertz CT molecular complexity index is 2030. The molecule has 220 valence electrons. The van der Waals surface area contributed by atoms with Crippen molar-refractivity contribution in [1.82, 2.24) is 19.6 Å². The van der Waals surface area contributed by atoms with Gasteiger partial charge in [0.25, 0.3) is 11.1 Å². The molecule has 0 fully saturated rings. The summed E-state index contributed by atoms with van der Waals surface area (Å²) in [6.07, 6.45) is 0. The third kappa shape index (κ3) is 5.10. The maximum atomic E-state index is 14.7. The van der Waals surface area contributed by atoms with Gasteiger partial charge in [0.05, 0.1) is 41.0 Å². The number of aromatic amines is 2. The van der Waals surface area contributed by atoms with E-state index in [2.05, 4.69) is 10.2 Å². The fraction of sp³-hybridized carbons (Fsp3) is 0.0526. The normalized spacial score (nSPS) is 11.2. The van der Waals surface area contributed by atoms with Crippen molar-refractivity contribution in [2.24, 2.45) is 0 Å². The van der Waals surface area contributed by atoms with Crippen molar-refractivity contribution < 1.29 is 4.74 Å². The van der Waals surface area contributed by atoms with Crippen LogP contribution in [0.5, 0.6) is 5.75 Å². The molecule has 45 heavy (non-hydrogen) atoms. The van der Waals surface area contributed by atoms with Gasteiger partial charge >= 0.3 is 0 Å². The molecule has 2 aromatic heterocycles. The predicted octanol–water partition coefficient (Wildman–Crippen LogP) is 7.17. The number of nitrogens with one attached hydrogen (secondary N) is 2. The predicted molar refractivity (Wildman–Crippen MR) is 178 cm³/mol. The first kappa shape index (κ1) is 27.7. The molecule has 0 radical (unpaired) electrons. The molecule has 0 unspecified atom stereocenters. The van der Waals surface area contributed by atoms with E-state index in [9.17, 15) is 9.59 Å². The molecule has 0 spiro atoms. The Labute approximate surface area is 259 Å². The second-order valence-corrected chi connectivity index (χ2v) is 10.7. The van der Waals surface area contributed by atoms with Gasteiger partial charge in [-0.3, -0.25) is 19.8 Å². The summed E-state index contributed by atoms with van der Waals surface area (Å²) in [6.45, 7) is 0. The third-order valence-corrected chi connectivity index (χ3v) is 8.03. The molecule has 0 amide bonds. The van der Waals surface area contributed by atoms with Gasteiger partial charge in [-0.1, -0.05) is 109 Å². The second-order valence-electron chi connectivity index (χ2n) is 10.7. The quantitative estimate of drug-likeness (QED) is 0.197. The van der Waals surface area contributed by atoms with Crippen LogP contribution in [0.3, 0.4) is 0 Å². The zero-order chi connectivity index (χ0) is 30.8. The van der Waals surface area contributed by atoms with Crippen LogP contribution in [0.1, 0.15) is 22.6 Å². The van der Waals surface area contributed by atoms with E-state index < -0.39 is 5.92 Å². The molecule has 5 aromatic carbocycles. The SMILES string of the molecule is COc1ccc(C(c2c(-c3ccccc3)[nH]n(-c3ccccc3)c2=O)c2c(-c3ccccc3)[nH]n(-c3ccccc3)c2=O)cc1. The molecule has 7 heteroatoms. The molecule has 0 saturated carbocycles. The smallest absolute Gasteiger partial charge is 0.276 e. The first-order valence-electron chi connectivity index (χ1n) is 14.7. The lowest BCUT2D eigenvalue weighted by Gasteiger charge is -2.18. The van der Waals surface area contributed by atoms with E-state index in [0.29, 0.717) is 39.6 Å². The summed E-state index contributed by atoms with van der Waals surface area (Å²) in [5.74, 6) is -0.0701. The topological polar surface area (TPSA) is 84.8 Å². The lowest BCUT2D eigenvalue weighted by molar-refractivity contribution is 0.414. The van der Waals surface area contributed by atoms with Crippen molar-refractivity contribution in [1.29, 1.82) is 0 Å². The van der Waals surface area contributed by atoms with Crippen LogP contribution >= 0.6 is 0 Å². The van der Waals surface area contributed by atoms with Gasteiger partial charge in [-0.15, -0.1) is 0 Å². The van der Waals surface area contributed by atoms with Crippen LogP contribution in [-0.4, -0.2) is 26.7 Å². The molecule has 7 nitrogen and oxygen atoms in total. The highest BCUT2D eigenvalue weighted by Crippen LogP contribution is 2.39. The summed E-state index contributed by atoms with van der Waals surface area (Å²) in [7, 11) is 1.61. The third-order valence-electron chi connectivity index (χ3n) is 8.03. The van der Waals surface area contributed by atoms with Crippen molar-refractivity contribution in [2.75, 3.05) is 7.11 Å². The summed E-state index contributed by atoms with van der Waals surface area (Å²) in [6, 6.07) is 46.0. The molecular weight excluding hydrogens is 560 g/mol. The number of hydrogen-bond acceptors (Lipinski definition) is 3. The minimum Gasteiger partial charge on any atom is -0.497 e. The molecule has 0 saturated heterocycles.